The van der Waals surface area contributed by atoms with E-state index >= 15 is 0 Å². The first-order valence-corrected chi connectivity index (χ1v) is 9.52. The lowest BCUT2D eigenvalue weighted by atomic mass is 10.2. The minimum Gasteiger partial charge on any atom is -0.353 e. The summed E-state index contributed by atoms with van der Waals surface area (Å²) in [6, 6.07) is 9.62. The highest BCUT2D eigenvalue weighted by Crippen LogP contribution is 2.31. The Morgan fingerprint density at radius 2 is 1.65 bits per heavy atom. The summed E-state index contributed by atoms with van der Waals surface area (Å²) in [4.78, 5) is 16.0. The highest BCUT2D eigenvalue weighted by atomic mass is 19.4. The van der Waals surface area contributed by atoms with Gasteiger partial charge in [-0.3, -0.25) is 4.98 Å². The minimum absolute atomic E-state index is 0.0485. The SMILES string of the molecule is FC(F)(F)c1cc(N2CCN(c3ccc4nncn4n3)CC2)nc(-c2ccccn2)n1. The van der Waals surface area contributed by atoms with Gasteiger partial charge in [0, 0.05) is 38.4 Å². The Kier molecular flexibility index (Phi) is 4.60. The summed E-state index contributed by atoms with van der Waals surface area (Å²) in [6.07, 6.45) is -1.56. The highest BCUT2D eigenvalue weighted by Gasteiger charge is 2.35. The molecule has 0 N–H and O–H groups in total. The summed E-state index contributed by atoms with van der Waals surface area (Å²) in [5.41, 5.74) is -0.0506. The summed E-state index contributed by atoms with van der Waals surface area (Å²) in [5, 5.41) is 12.2. The number of anilines is 2. The maximum atomic E-state index is 13.5. The van der Waals surface area contributed by atoms with Crippen molar-refractivity contribution in [1.82, 2.24) is 34.8 Å². The van der Waals surface area contributed by atoms with E-state index in [1.807, 2.05) is 17.0 Å². The van der Waals surface area contributed by atoms with E-state index in [1.165, 1.54) is 12.5 Å². The van der Waals surface area contributed by atoms with Crippen LogP contribution in [-0.2, 0) is 6.18 Å². The van der Waals surface area contributed by atoms with Gasteiger partial charge in [0.05, 0.1) is 0 Å². The van der Waals surface area contributed by atoms with E-state index in [2.05, 4.69) is 35.1 Å². The number of aromatic nitrogens is 7. The van der Waals surface area contributed by atoms with Crippen molar-refractivity contribution in [2.45, 2.75) is 6.18 Å². The fourth-order valence-corrected chi connectivity index (χ4v) is 3.40. The van der Waals surface area contributed by atoms with Crippen molar-refractivity contribution in [2.75, 3.05) is 36.0 Å². The maximum Gasteiger partial charge on any atom is 0.433 e. The van der Waals surface area contributed by atoms with Crippen LogP contribution in [0.5, 0.6) is 0 Å². The molecule has 1 aliphatic rings. The molecule has 0 bridgehead atoms. The number of pyridine rings is 1. The molecule has 0 atom stereocenters. The van der Waals surface area contributed by atoms with Gasteiger partial charge < -0.3 is 9.80 Å². The first-order chi connectivity index (χ1) is 15.0. The molecular weight excluding hydrogens is 411 g/mol. The Morgan fingerprint density at radius 1 is 0.871 bits per heavy atom. The van der Waals surface area contributed by atoms with Gasteiger partial charge in [-0.15, -0.1) is 15.3 Å². The van der Waals surface area contributed by atoms with Gasteiger partial charge in [-0.25, -0.2) is 9.97 Å². The highest BCUT2D eigenvalue weighted by molar-refractivity contribution is 5.55. The second-order valence-electron chi connectivity index (χ2n) is 6.95. The Bertz CT molecular complexity index is 1200. The summed E-state index contributed by atoms with van der Waals surface area (Å²) < 4.78 is 42.0. The van der Waals surface area contributed by atoms with Gasteiger partial charge >= 0.3 is 6.18 Å². The number of fused-ring (bicyclic) bond motifs is 1. The molecule has 0 radical (unpaired) electrons. The second-order valence-corrected chi connectivity index (χ2v) is 6.95. The van der Waals surface area contributed by atoms with E-state index < -0.39 is 11.9 Å². The molecule has 0 aliphatic carbocycles. The number of piperazine rings is 1. The van der Waals surface area contributed by atoms with Gasteiger partial charge in [-0.05, 0) is 24.3 Å². The number of hydrogen-bond donors (Lipinski definition) is 0. The quantitative estimate of drug-likeness (QED) is 0.492. The lowest BCUT2D eigenvalue weighted by Gasteiger charge is -2.36. The van der Waals surface area contributed by atoms with E-state index in [0.29, 0.717) is 37.5 Å². The summed E-state index contributed by atoms with van der Waals surface area (Å²) in [5.74, 6) is 0.928. The van der Waals surface area contributed by atoms with Gasteiger partial charge in [0.1, 0.15) is 23.7 Å². The van der Waals surface area contributed by atoms with E-state index in [4.69, 9.17) is 0 Å². The normalized spacial score (nSPS) is 14.9. The topological polar surface area (TPSA) is 88.2 Å². The number of hydrogen-bond acceptors (Lipinski definition) is 8. The minimum atomic E-state index is -4.58. The first-order valence-electron chi connectivity index (χ1n) is 9.52. The van der Waals surface area contributed by atoms with Crippen LogP contribution in [0.3, 0.4) is 0 Å². The lowest BCUT2D eigenvalue weighted by molar-refractivity contribution is -0.141. The van der Waals surface area contributed by atoms with Crippen LogP contribution in [0.1, 0.15) is 5.69 Å². The number of nitrogens with zero attached hydrogens (tertiary/aromatic N) is 9. The van der Waals surface area contributed by atoms with Crippen molar-refractivity contribution in [3.05, 3.63) is 54.6 Å². The molecule has 4 aromatic rings. The molecule has 0 spiro atoms. The molecule has 1 saturated heterocycles. The number of rotatable bonds is 3. The standard InChI is InChI=1S/C19H16F3N9/c20-19(21,22)14-11-17(26-18(25-14)13-3-1-2-6-23-13)30-9-7-29(8-10-30)16-5-4-15-27-24-12-31(15)28-16/h1-6,11-12H,7-10H2. The van der Waals surface area contributed by atoms with E-state index in [-0.39, 0.29) is 11.6 Å². The van der Waals surface area contributed by atoms with Gasteiger partial charge in [0.15, 0.2) is 17.2 Å². The molecule has 4 aromatic heterocycles. The van der Waals surface area contributed by atoms with Crippen LogP contribution in [0.25, 0.3) is 17.2 Å². The Hall–Kier alpha value is -3.83. The van der Waals surface area contributed by atoms with E-state index in [1.54, 1.807) is 22.7 Å². The second kappa shape index (κ2) is 7.45. The lowest BCUT2D eigenvalue weighted by Crippen LogP contribution is -2.47. The predicted molar refractivity (Wildman–Crippen MR) is 105 cm³/mol. The molecule has 5 rings (SSSR count). The summed E-state index contributed by atoms with van der Waals surface area (Å²) in [6.45, 7) is 2.12. The third kappa shape index (κ3) is 3.83. The molecule has 1 fully saturated rings. The van der Waals surface area contributed by atoms with Crippen molar-refractivity contribution in [3.63, 3.8) is 0 Å². The average molecular weight is 427 g/mol. The van der Waals surface area contributed by atoms with E-state index in [0.717, 1.165) is 11.9 Å². The smallest absolute Gasteiger partial charge is 0.353 e. The average Bonchev–Trinajstić information content (AvgIpc) is 3.27. The third-order valence-electron chi connectivity index (χ3n) is 4.97. The Balaban J connectivity index is 1.40. The molecule has 5 heterocycles. The van der Waals surface area contributed by atoms with E-state index in [9.17, 15) is 13.2 Å². The molecule has 0 aromatic carbocycles. The predicted octanol–water partition coefficient (Wildman–Crippen LogP) is 2.32. The van der Waals surface area contributed by atoms with Crippen LogP contribution in [0.15, 0.2) is 48.9 Å². The molecule has 9 nitrogen and oxygen atoms in total. The Labute approximate surface area is 174 Å². The van der Waals surface area contributed by atoms with Crippen molar-refractivity contribution in [1.29, 1.82) is 0 Å². The van der Waals surface area contributed by atoms with Crippen LogP contribution >= 0.6 is 0 Å². The van der Waals surface area contributed by atoms with Gasteiger partial charge in [-0.1, -0.05) is 6.07 Å². The van der Waals surface area contributed by atoms with Crippen LogP contribution < -0.4 is 9.80 Å². The maximum absolute atomic E-state index is 13.5. The van der Waals surface area contributed by atoms with Crippen LogP contribution in [0.2, 0.25) is 0 Å². The third-order valence-corrected chi connectivity index (χ3v) is 4.97. The monoisotopic (exact) mass is 427 g/mol. The molecule has 1 aliphatic heterocycles. The van der Waals surface area contributed by atoms with Gasteiger partial charge in [0.2, 0.25) is 0 Å². The zero-order valence-electron chi connectivity index (χ0n) is 16.1. The molecule has 158 valence electrons. The zero-order chi connectivity index (χ0) is 21.4. The molecule has 12 heteroatoms. The first kappa shape index (κ1) is 19.2. The molecular formula is C19H16F3N9. The summed E-state index contributed by atoms with van der Waals surface area (Å²) >= 11 is 0. The number of halogens is 3. The van der Waals surface area contributed by atoms with Crippen molar-refractivity contribution in [3.8, 4) is 11.5 Å². The van der Waals surface area contributed by atoms with Crippen LogP contribution in [0, 0.1) is 0 Å². The summed E-state index contributed by atoms with van der Waals surface area (Å²) in [7, 11) is 0. The van der Waals surface area contributed by atoms with Gasteiger partial charge in [-0.2, -0.15) is 17.7 Å². The fraction of sp³-hybridized carbons (Fsp3) is 0.263. The number of alkyl halides is 3. The zero-order valence-corrected chi connectivity index (χ0v) is 16.1. The van der Waals surface area contributed by atoms with Gasteiger partial charge in [0.25, 0.3) is 0 Å². The van der Waals surface area contributed by atoms with Crippen molar-refractivity contribution in [2.24, 2.45) is 0 Å². The Morgan fingerprint density at radius 3 is 2.35 bits per heavy atom. The van der Waals surface area contributed by atoms with Crippen molar-refractivity contribution < 1.29 is 13.2 Å². The van der Waals surface area contributed by atoms with Crippen LogP contribution in [0.4, 0.5) is 24.8 Å². The fourth-order valence-electron chi connectivity index (χ4n) is 3.40. The van der Waals surface area contributed by atoms with Crippen molar-refractivity contribution >= 4 is 17.3 Å². The molecule has 0 amide bonds. The molecule has 0 saturated carbocycles. The van der Waals surface area contributed by atoms with Crippen LogP contribution in [-0.4, -0.2) is 60.9 Å². The largest absolute Gasteiger partial charge is 0.433 e. The molecule has 0 unspecified atom stereocenters. The molecule has 31 heavy (non-hydrogen) atoms.